The van der Waals surface area contributed by atoms with Gasteiger partial charge in [0.15, 0.2) is 0 Å². The van der Waals surface area contributed by atoms with E-state index in [1.54, 1.807) is 0 Å². The molecule has 0 bridgehead atoms. The van der Waals surface area contributed by atoms with Crippen LogP contribution >= 0.6 is 0 Å². The standard InChI is InChI=1S/C17H27N/c1-6-8-16(18-7-2)13-14-9-11-15(12-10-14)17(3,4)5/h6,9-12,16,18H,1,7-8,13H2,2-5H3. The largest absolute Gasteiger partial charge is 0.314 e. The van der Waals surface area contributed by atoms with Gasteiger partial charge in [0.25, 0.3) is 0 Å². The Bertz CT molecular complexity index is 356. The van der Waals surface area contributed by atoms with E-state index >= 15 is 0 Å². The molecule has 0 spiro atoms. The lowest BCUT2D eigenvalue weighted by Crippen LogP contribution is -2.30. The second-order valence-electron chi connectivity index (χ2n) is 5.93. The van der Waals surface area contributed by atoms with Crippen molar-refractivity contribution in [3.8, 4) is 0 Å². The highest BCUT2D eigenvalue weighted by Gasteiger charge is 2.13. The number of likely N-dealkylation sites (N-methyl/N-ethyl adjacent to an activating group) is 1. The average molecular weight is 245 g/mol. The summed E-state index contributed by atoms with van der Waals surface area (Å²) < 4.78 is 0. The molecule has 1 rings (SSSR count). The van der Waals surface area contributed by atoms with Gasteiger partial charge >= 0.3 is 0 Å². The minimum atomic E-state index is 0.237. The Hall–Kier alpha value is -1.08. The summed E-state index contributed by atoms with van der Waals surface area (Å²) in [5.41, 5.74) is 3.03. The van der Waals surface area contributed by atoms with E-state index in [1.807, 2.05) is 6.08 Å². The first-order chi connectivity index (χ1) is 8.47. The molecule has 0 aliphatic rings. The van der Waals surface area contributed by atoms with Gasteiger partial charge in [0.1, 0.15) is 0 Å². The van der Waals surface area contributed by atoms with Crippen molar-refractivity contribution in [1.29, 1.82) is 0 Å². The SMILES string of the molecule is C=CCC(Cc1ccc(C(C)(C)C)cc1)NCC. The van der Waals surface area contributed by atoms with Crippen LogP contribution in [0.2, 0.25) is 0 Å². The zero-order valence-corrected chi connectivity index (χ0v) is 12.3. The van der Waals surface area contributed by atoms with Crippen LogP contribution in [0.1, 0.15) is 45.2 Å². The van der Waals surface area contributed by atoms with Gasteiger partial charge in [-0.05, 0) is 35.9 Å². The first-order valence-corrected chi connectivity index (χ1v) is 6.91. The van der Waals surface area contributed by atoms with Crippen molar-refractivity contribution in [3.63, 3.8) is 0 Å². The van der Waals surface area contributed by atoms with E-state index in [2.05, 4.69) is 63.9 Å². The van der Waals surface area contributed by atoms with Crippen LogP contribution in [0.4, 0.5) is 0 Å². The van der Waals surface area contributed by atoms with Gasteiger partial charge in [-0.15, -0.1) is 6.58 Å². The van der Waals surface area contributed by atoms with E-state index < -0.39 is 0 Å². The van der Waals surface area contributed by atoms with E-state index in [9.17, 15) is 0 Å². The fourth-order valence-electron chi connectivity index (χ4n) is 2.15. The van der Waals surface area contributed by atoms with Gasteiger partial charge in [-0.3, -0.25) is 0 Å². The fraction of sp³-hybridized carbons (Fsp3) is 0.529. The summed E-state index contributed by atoms with van der Waals surface area (Å²) >= 11 is 0. The molecule has 1 aromatic rings. The smallest absolute Gasteiger partial charge is 0.0142 e. The monoisotopic (exact) mass is 245 g/mol. The maximum absolute atomic E-state index is 3.83. The number of benzene rings is 1. The summed E-state index contributed by atoms with van der Waals surface area (Å²) in [5, 5.41) is 3.51. The minimum absolute atomic E-state index is 0.237. The Kier molecular flexibility index (Phi) is 5.61. The average Bonchev–Trinajstić information content (AvgIpc) is 2.29. The molecule has 0 aliphatic heterocycles. The normalized spacial score (nSPS) is 13.3. The van der Waals surface area contributed by atoms with E-state index in [4.69, 9.17) is 0 Å². The Labute approximate surface area is 112 Å². The number of hydrogen-bond donors (Lipinski definition) is 1. The van der Waals surface area contributed by atoms with Crippen LogP contribution in [0.3, 0.4) is 0 Å². The lowest BCUT2D eigenvalue weighted by Gasteiger charge is -2.20. The molecule has 0 aliphatic carbocycles. The number of nitrogens with one attached hydrogen (secondary N) is 1. The van der Waals surface area contributed by atoms with Crippen molar-refractivity contribution in [2.45, 2.75) is 52.0 Å². The first-order valence-electron chi connectivity index (χ1n) is 6.91. The van der Waals surface area contributed by atoms with E-state index in [-0.39, 0.29) is 5.41 Å². The van der Waals surface area contributed by atoms with Gasteiger partial charge in [0, 0.05) is 6.04 Å². The second-order valence-corrected chi connectivity index (χ2v) is 5.93. The van der Waals surface area contributed by atoms with Crippen molar-refractivity contribution in [2.24, 2.45) is 0 Å². The highest BCUT2D eigenvalue weighted by molar-refractivity contribution is 5.28. The number of rotatable bonds is 6. The molecular formula is C17H27N. The highest BCUT2D eigenvalue weighted by atomic mass is 14.9. The lowest BCUT2D eigenvalue weighted by atomic mass is 9.86. The third-order valence-corrected chi connectivity index (χ3v) is 3.25. The topological polar surface area (TPSA) is 12.0 Å². The van der Waals surface area contributed by atoms with Crippen LogP contribution < -0.4 is 5.32 Å². The maximum atomic E-state index is 3.83. The molecule has 0 heterocycles. The van der Waals surface area contributed by atoms with Crippen LogP contribution in [0, 0.1) is 0 Å². The van der Waals surface area contributed by atoms with Crippen LogP contribution in [0.25, 0.3) is 0 Å². The van der Waals surface area contributed by atoms with Crippen molar-refractivity contribution in [2.75, 3.05) is 6.54 Å². The molecule has 1 atom stereocenters. The van der Waals surface area contributed by atoms with Crippen LogP contribution in [-0.2, 0) is 11.8 Å². The Morgan fingerprint density at radius 2 is 1.83 bits per heavy atom. The lowest BCUT2D eigenvalue weighted by molar-refractivity contribution is 0.529. The predicted octanol–water partition coefficient (Wildman–Crippen LogP) is 4.08. The quantitative estimate of drug-likeness (QED) is 0.745. The Morgan fingerprint density at radius 3 is 2.28 bits per heavy atom. The summed E-state index contributed by atoms with van der Waals surface area (Å²) in [6.07, 6.45) is 4.09. The molecule has 0 saturated heterocycles. The first kappa shape index (κ1) is 15.0. The van der Waals surface area contributed by atoms with Gasteiger partial charge < -0.3 is 5.32 Å². The van der Waals surface area contributed by atoms with Crippen LogP contribution in [0.15, 0.2) is 36.9 Å². The third kappa shape index (κ3) is 4.66. The van der Waals surface area contributed by atoms with Crippen molar-refractivity contribution < 1.29 is 0 Å². The number of hydrogen-bond acceptors (Lipinski definition) is 1. The van der Waals surface area contributed by atoms with Crippen molar-refractivity contribution in [3.05, 3.63) is 48.0 Å². The summed E-state index contributed by atoms with van der Waals surface area (Å²) in [6, 6.07) is 9.54. The molecular weight excluding hydrogens is 218 g/mol. The van der Waals surface area contributed by atoms with Gasteiger partial charge in [0.2, 0.25) is 0 Å². The van der Waals surface area contributed by atoms with Crippen LogP contribution in [0.5, 0.6) is 0 Å². The Morgan fingerprint density at radius 1 is 1.22 bits per heavy atom. The molecule has 1 unspecified atom stereocenters. The zero-order chi connectivity index (χ0) is 13.6. The van der Waals surface area contributed by atoms with Gasteiger partial charge in [-0.25, -0.2) is 0 Å². The molecule has 0 radical (unpaired) electrons. The maximum Gasteiger partial charge on any atom is 0.0142 e. The van der Waals surface area contributed by atoms with E-state index in [0.29, 0.717) is 6.04 Å². The summed E-state index contributed by atoms with van der Waals surface area (Å²) in [7, 11) is 0. The molecule has 0 amide bonds. The highest BCUT2D eigenvalue weighted by Crippen LogP contribution is 2.22. The van der Waals surface area contributed by atoms with Gasteiger partial charge in [0.05, 0.1) is 0 Å². The summed E-state index contributed by atoms with van der Waals surface area (Å²) in [4.78, 5) is 0. The van der Waals surface area contributed by atoms with E-state index in [0.717, 1.165) is 19.4 Å². The van der Waals surface area contributed by atoms with E-state index in [1.165, 1.54) is 11.1 Å². The molecule has 0 aromatic heterocycles. The zero-order valence-electron chi connectivity index (χ0n) is 12.3. The molecule has 0 fully saturated rings. The third-order valence-electron chi connectivity index (χ3n) is 3.25. The van der Waals surface area contributed by atoms with Crippen LogP contribution in [-0.4, -0.2) is 12.6 Å². The fourth-order valence-corrected chi connectivity index (χ4v) is 2.15. The summed E-state index contributed by atoms with van der Waals surface area (Å²) in [6.45, 7) is 13.7. The van der Waals surface area contributed by atoms with Gasteiger partial charge in [-0.2, -0.15) is 0 Å². The Balaban J connectivity index is 2.69. The molecule has 18 heavy (non-hydrogen) atoms. The molecule has 1 heteroatoms. The summed E-state index contributed by atoms with van der Waals surface area (Å²) in [5.74, 6) is 0. The molecule has 0 saturated carbocycles. The molecule has 1 aromatic carbocycles. The molecule has 1 nitrogen and oxygen atoms in total. The minimum Gasteiger partial charge on any atom is -0.314 e. The van der Waals surface area contributed by atoms with Crippen molar-refractivity contribution in [1.82, 2.24) is 5.32 Å². The van der Waals surface area contributed by atoms with Gasteiger partial charge in [-0.1, -0.05) is 58.0 Å². The van der Waals surface area contributed by atoms with Crippen molar-refractivity contribution >= 4 is 0 Å². The molecule has 100 valence electrons. The predicted molar refractivity (Wildman–Crippen MR) is 81.1 cm³/mol. The molecule has 1 N–H and O–H groups in total. The second kappa shape index (κ2) is 6.75.